The van der Waals surface area contributed by atoms with Crippen LogP contribution in [0, 0.1) is 11.2 Å². The van der Waals surface area contributed by atoms with Crippen molar-refractivity contribution in [3.8, 4) is 5.75 Å². The van der Waals surface area contributed by atoms with Crippen LogP contribution in [-0.2, 0) is 7.05 Å². The molecule has 2 aromatic carbocycles. The molecule has 0 saturated heterocycles. The molecule has 2 N–H and O–H groups in total. The normalized spacial score (nSPS) is 16.0. The first-order chi connectivity index (χ1) is 16.1. The fourth-order valence-electron chi connectivity index (χ4n) is 4.34. The summed E-state index contributed by atoms with van der Waals surface area (Å²) in [6.45, 7) is 6.81. The van der Waals surface area contributed by atoms with E-state index in [9.17, 15) is 9.18 Å². The van der Waals surface area contributed by atoms with Gasteiger partial charge < -0.3 is 19.9 Å². The number of aromatic nitrogens is 2. The quantitative estimate of drug-likeness (QED) is 0.358. The lowest BCUT2D eigenvalue weighted by molar-refractivity contribution is 0.0905. The van der Waals surface area contributed by atoms with E-state index in [1.807, 2.05) is 6.92 Å². The molecule has 0 atom stereocenters. The summed E-state index contributed by atoms with van der Waals surface area (Å²) in [5, 5.41) is 6.23. The molecule has 1 saturated carbocycles. The summed E-state index contributed by atoms with van der Waals surface area (Å²) >= 11 is 12.1. The monoisotopic (exact) mass is 506 g/mol. The van der Waals surface area contributed by atoms with Gasteiger partial charge in [-0.1, -0.05) is 37.0 Å². The molecule has 3 aromatic rings. The smallest absolute Gasteiger partial charge is 0.255 e. The summed E-state index contributed by atoms with van der Waals surface area (Å²) < 4.78 is 22.1. The van der Waals surface area contributed by atoms with Crippen LogP contribution in [0.2, 0.25) is 10.0 Å². The van der Waals surface area contributed by atoms with Gasteiger partial charge in [-0.15, -0.1) is 0 Å². The molecule has 0 bridgehead atoms. The molecule has 0 spiro atoms. The Morgan fingerprint density at radius 2 is 1.91 bits per heavy atom. The number of nitrogens with one attached hydrogen (secondary N) is 2. The molecule has 1 fully saturated rings. The van der Waals surface area contributed by atoms with E-state index < -0.39 is 5.82 Å². The third kappa shape index (κ3) is 4.96. The summed E-state index contributed by atoms with van der Waals surface area (Å²) in [5.41, 5.74) is 2.08. The number of imidazole rings is 1. The number of anilines is 2. The average Bonchev–Trinajstić information content (AvgIpc) is 3.09. The predicted octanol–water partition coefficient (Wildman–Crippen LogP) is 6.86. The number of hydrogen-bond donors (Lipinski definition) is 2. The number of nitrogens with zero attached hydrogens (tertiary/aromatic N) is 2. The van der Waals surface area contributed by atoms with Crippen molar-refractivity contribution in [2.24, 2.45) is 12.5 Å². The van der Waals surface area contributed by atoms with Crippen LogP contribution in [0.4, 0.5) is 16.0 Å². The van der Waals surface area contributed by atoms with Gasteiger partial charge in [0, 0.05) is 19.2 Å². The Labute approximate surface area is 208 Å². The first-order valence-corrected chi connectivity index (χ1v) is 12.2. The Bertz CT molecular complexity index is 1230. The summed E-state index contributed by atoms with van der Waals surface area (Å²) in [6, 6.07) is 6.54. The second-order valence-corrected chi connectivity index (χ2v) is 10.3. The van der Waals surface area contributed by atoms with Gasteiger partial charge in [0.15, 0.2) is 5.82 Å². The summed E-state index contributed by atoms with van der Waals surface area (Å²) in [4.78, 5) is 17.8. The van der Waals surface area contributed by atoms with E-state index in [0.29, 0.717) is 34.8 Å². The maximum Gasteiger partial charge on any atom is 0.255 e. The minimum Gasteiger partial charge on any atom is -0.493 e. The number of fused-ring (bicyclic) bond motifs is 1. The lowest BCUT2D eigenvalue weighted by Crippen LogP contribution is -2.39. The van der Waals surface area contributed by atoms with Crippen LogP contribution in [-0.4, -0.2) is 28.1 Å². The van der Waals surface area contributed by atoms with E-state index in [2.05, 4.69) is 29.5 Å². The Hall–Kier alpha value is -2.51. The number of carbonyl (C=O) groups excluding carboxylic acids is 1. The van der Waals surface area contributed by atoms with Crippen LogP contribution in [0.1, 0.15) is 56.8 Å². The van der Waals surface area contributed by atoms with Gasteiger partial charge in [-0.2, -0.15) is 0 Å². The Morgan fingerprint density at radius 3 is 2.59 bits per heavy atom. The van der Waals surface area contributed by atoms with Crippen molar-refractivity contribution in [1.29, 1.82) is 0 Å². The fraction of sp³-hybridized carbons (Fsp3) is 0.440. The molecule has 1 aliphatic carbocycles. The standard InChI is InChI=1S/C25H29Cl2FN4O2/c1-5-34-20-13-19-18(12-15(20)23(33)29-14-8-10-25(2,3)11-9-14)30-24(32(19)4)31-22-17(27)7-6-16(26)21(22)28/h6-7,12-14H,5,8-11H2,1-4H3,(H,29,33)(H,30,31). The minimum atomic E-state index is -0.660. The third-order valence-corrected chi connectivity index (χ3v) is 7.09. The number of ether oxygens (including phenoxy) is 1. The number of halogens is 3. The summed E-state index contributed by atoms with van der Waals surface area (Å²) in [5.74, 6) is -0.0103. The zero-order valence-corrected chi connectivity index (χ0v) is 21.3. The molecule has 1 aromatic heterocycles. The van der Waals surface area contributed by atoms with Crippen molar-refractivity contribution < 1.29 is 13.9 Å². The SMILES string of the molecule is CCOc1cc2c(cc1C(=O)NC1CCC(C)(C)CC1)nc(Nc1c(Cl)ccc(Cl)c1F)n2C. The Balaban J connectivity index is 1.66. The van der Waals surface area contributed by atoms with E-state index in [4.69, 9.17) is 27.9 Å². The Morgan fingerprint density at radius 1 is 1.24 bits per heavy atom. The molecule has 1 aliphatic rings. The average molecular weight is 507 g/mol. The number of aryl methyl sites for hydroxylation is 1. The highest BCUT2D eigenvalue weighted by atomic mass is 35.5. The minimum absolute atomic E-state index is 0.0378. The number of benzene rings is 2. The van der Waals surface area contributed by atoms with Gasteiger partial charge in [-0.3, -0.25) is 4.79 Å². The maximum atomic E-state index is 14.6. The highest BCUT2D eigenvalue weighted by Gasteiger charge is 2.28. The second-order valence-electron chi connectivity index (χ2n) is 9.52. The van der Waals surface area contributed by atoms with Crippen LogP contribution in [0.15, 0.2) is 24.3 Å². The fourth-order valence-corrected chi connectivity index (χ4v) is 4.69. The largest absolute Gasteiger partial charge is 0.493 e. The molecule has 1 heterocycles. The van der Waals surface area contributed by atoms with Crippen molar-refractivity contribution in [2.75, 3.05) is 11.9 Å². The number of hydrogen-bond acceptors (Lipinski definition) is 4. The molecule has 6 nitrogen and oxygen atoms in total. The van der Waals surface area contributed by atoms with Gasteiger partial charge in [0.1, 0.15) is 5.75 Å². The van der Waals surface area contributed by atoms with Crippen molar-refractivity contribution in [3.05, 3.63) is 45.7 Å². The zero-order valence-electron chi connectivity index (χ0n) is 19.8. The van der Waals surface area contributed by atoms with E-state index in [0.717, 1.165) is 31.2 Å². The first-order valence-electron chi connectivity index (χ1n) is 11.4. The molecule has 0 unspecified atom stereocenters. The van der Waals surface area contributed by atoms with Crippen LogP contribution in [0.3, 0.4) is 0 Å². The Kier molecular flexibility index (Phi) is 6.97. The molecule has 182 valence electrons. The van der Waals surface area contributed by atoms with E-state index in [-0.39, 0.29) is 27.7 Å². The van der Waals surface area contributed by atoms with Gasteiger partial charge in [-0.05, 0) is 56.2 Å². The molecule has 0 aliphatic heterocycles. The van der Waals surface area contributed by atoms with Gasteiger partial charge in [0.25, 0.3) is 5.91 Å². The van der Waals surface area contributed by atoms with Crippen LogP contribution >= 0.6 is 23.2 Å². The van der Waals surface area contributed by atoms with Crippen molar-refractivity contribution in [1.82, 2.24) is 14.9 Å². The van der Waals surface area contributed by atoms with Crippen LogP contribution in [0.25, 0.3) is 11.0 Å². The third-order valence-electron chi connectivity index (χ3n) is 6.48. The van der Waals surface area contributed by atoms with Crippen LogP contribution in [0.5, 0.6) is 5.75 Å². The van der Waals surface area contributed by atoms with Gasteiger partial charge in [0.05, 0.1) is 38.9 Å². The molecular weight excluding hydrogens is 478 g/mol. The lowest BCUT2D eigenvalue weighted by Gasteiger charge is -2.34. The highest BCUT2D eigenvalue weighted by Crippen LogP contribution is 2.36. The van der Waals surface area contributed by atoms with Crippen molar-refractivity contribution in [2.45, 2.75) is 52.5 Å². The topological polar surface area (TPSA) is 68.2 Å². The van der Waals surface area contributed by atoms with Crippen molar-refractivity contribution in [3.63, 3.8) is 0 Å². The molecule has 9 heteroatoms. The second kappa shape index (κ2) is 9.62. The predicted molar refractivity (Wildman–Crippen MR) is 135 cm³/mol. The lowest BCUT2D eigenvalue weighted by atomic mass is 9.75. The molecule has 1 amide bonds. The number of rotatable bonds is 6. The van der Waals surface area contributed by atoms with Gasteiger partial charge in [-0.25, -0.2) is 9.37 Å². The van der Waals surface area contributed by atoms with Gasteiger partial charge >= 0.3 is 0 Å². The van der Waals surface area contributed by atoms with Crippen molar-refractivity contribution >= 4 is 51.8 Å². The molecule has 4 rings (SSSR count). The summed E-state index contributed by atoms with van der Waals surface area (Å²) in [6.07, 6.45) is 4.06. The maximum absolute atomic E-state index is 14.6. The van der Waals surface area contributed by atoms with E-state index in [1.165, 1.54) is 12.1 Å². The van der Waals surface area contributed by atoms with E-state index >= 15 is 0 Å². The molecular formula is C25H29Cl2FN4O2. The zero-order chi connectivity index (χ0) is 24.6. The first kappa shape index (κ1) is 24.6. The molecule has 34 heavy (non-hydrogen) atoms. The van der Waals surface area contributed by atoms with Crippen LogP contribution < -0.4 is 15.4 Å². The van der Waals surface area contributed by atoms with E-state index in [1.54, 1.807) is 23.7 Å². The highest BCUT2D eigenvalue weighted by molar-refractivity contribution is 6.35. The summed E-state index contributed by atoms with van der Waals surface area (Å²) in [7, 11) is 1.78. The molecule has 0 radical (unpaired) electrons. The number of amides is 1. The number of carbonyl (C=O) groups is 1. The van der Waals surface area contributed by atoms with Gasteiger partial charge in [0.2, 0.25) is 5.95 Å².